The van der Waals surface area contributed by atoms with E-state index in [0.717, 1.165) is 0 Å². The van der Waals surface area contributed by atoms with Crippen LogP contribution in [0.1, 0.15) is 40.2 Å². The Morgan fingerprint density at radius 3 is 2.38 bits per heavy atom. The van der Waals surface area contributed by atoms with Crippen molar-refractivity contribution >= 4 is 12.1 Å². The van der Waals surface area contributed by atoms with Crippen LogP contribution >= 0.6 is 0 Å². The Labute approximate surface area is 154 Å². The molecule has 0 heterocycles. The summed E-state index contributed by atoms with van der Waals surface area (Å²) in [5.41, 5.74) is -0.0378. The van der Waals surface area contributed by atoms with Crippen molar-refractivity contribution in [1.29, 1.82) is 0 Å². The Balaban J connectivity index is 2.83. The lowest BCUT2D eigenvalue weighted by Gasteiger charge is -2.22. The number of hydrogen-bond donors (Lipinski definition) is 2. The zero-order valence-electron chi connectivity index (χ0n) is 16.3. The van der Waals surface area contributed by atoms with Crippen molar-refractivity contribution in [2.75, 3.05) is 13.7 Å². The number of phenols is 1. The van der Waals surface area contributed by atoms with Gasteiger partial charge in [-0.25, -0.2) is 9.59 Å². The zero-order valence-corrected chi connectivity index (χ0v) is 16.3. The molecule has 1 aromatic rings. The van der Waals surface area contributed by atoms with Crippen molar-refractivity contribution in [2.45, 2.75) is 52.7 Å². The van der Waals surface area contributed by atoms with Gasteiger partial charge in [0.05, 0.1) is 13.7 Å². The smallest absolute Gasteiger partial charge is 0.408 e. The molecule has 26 heavy (non-hydrogen) atoms. The summed E-state index contributed by atoms with van der Waals surface area (Å²) in [6.07, 6.45) is -0.571. The minimum absolute atomic E-state index is 0.0240. The fourth-order valence-electron chi connectivity index (χ4n) is 2.09. The van der Waals surface area contributed by atoms with Gasteiger partial charge in [0, 0.05) is 6.42 Å². The molecule has 0 saturated heterocycles. The van der Waals surface area contributed by atoms with Gasteiger partial charge in [0.1, 0.15) is 11.6 Å². The molecule has 1 amide bonds. The van der Waals surface area contributed by atoms with E-state index in [2.05, 4.69) is 5.32 Å². The zero-order chi connectivity index (χ0) is 19.9. The average molecular weight is 367 g/mol. The van der Waals surface area contributed by atoms with E-state index in [9.17, 15) is 14.7 Å². The van der Waals surface area contributed by atoms with E-state index >= 15 is 0 Å². The highest BCUT2D eigenvalue weighted by Gasteiger charge is 2.25. The maximum atomic E-state index is 12.0. The highest BCUT2D eigenvalue weighted by atomic mass is 16.6. The SMILES string of the molecule is COC(=O)C(Cc1ccc(OCC(C)C)c(O)c1)NC(=O)OC(C)(C)C. The maximum Gasteiger partial charge on any atom is 0.408 e. The van der Waals surface area contributed by atoms with Crippen molar-refractivity contribution < 1.29 is 28.9 Å². The van der Waals surface area contributed by atoms with Crippen molar-refractivity contribution in [3.8, 4) is 11.5 Å². The fourth-order valence-corrected chi connectivity index (χ4v) is 2.09. The summed E-state index contributed by atoms with van der Waals surface area (Å²) in [6.45, 7) is 9.69. The van der Waals surface area contributed by atoms with Crippen LogP contribution in [0.4, 0.5) is 4.79 Å². The second-order valence-corrected chi connectivity index (χ2v) is 7.43. The second kappa shape index (κ2) is 9.31. The van der Waals surface area contributed by atoms with E-state index < -0.39 is 23.7 Å². The molecule has 7 heteroatoms. The average Bonchev–Trinajstić information content (AvgIpc) is 2.50. The van der Waals surface area contributed by atoms with Gasteiger partial charge in [0.2, 0.25) is 0 Å². The Hall–Kier alpha value is -2.44. The van der Waals surface area contributed by atoms with Crippen LogP contribution in [0.5, 0.6) is 11.5 Å². The van der Waals surface area contributed by atoms with E-state index in [0.29, 0.717) is 23.8 Å². The molecule has 0 aliphatic heterocycles. The molecule has 0 saturated carbocycles. The number of alkyl carbamates (subject to hydrolysis) is 1. The number of esters is 1. The third-order valence-electron chi connectivity index (χ3n) is 3.21. The van der Waals surface area contributed by atoms with Crippen molar-refractivity contribution in [2.24, 2.45) is 5.92 Å². The lowest BCUT2D eigenvalue weighted by atomic mass is 10.1. The van der Waals surface area contributed by atoms with Crippen LogP contribution in [0.15, 0.2) is 18.2 Å². The highest BCUT2D eigenvalue weighted by Crippen LogP contribution is 2.27. The Morgan fingerprint density at radius 1 is 1.23 bits per heavy atom. The van der Waals surface area contributed by atoms with Gasteiger partial charge in [0.15, 0.2) is 11.5 Å². The molecule has 0 aliphatic carbocycles. The number of hydrogen-bond acceptors (Lipinski definition) is 6. The predicted octanol–water partition coefficient (Wildman–Crippen LogP) is 3.04. The van der Waals surface area contributed by atoms with Crippen molar-refractivity contribution in [1.82, 2.24) is 5.32 Å². The largest absolute Gasteiger partial charge is 0.504 e. The summed E-state index contributed by atoms with van der Waals surface area (Å²) in [4.78, 5) is 23.9. The third-order valence-corrected chi connectivity index (χ3v) is 3.21. The number of amides is 1. The normalized spacial score (nSPS) is 12.4. The summed E-state index contributed by atoms with van der Waals surface area (Å²) in [5.74, 6) is 0.0764. The van der Waals surface area contributed by atoms with Gasteiger partial charge < -0.3 is 24.6 Å². The van der Waals surface area contributed by atoms with E-state index in [1.54, 1.807) is 32.9 Å². The van der Waals surface area contributed by atoms with Crippen LogP contribution in [0.3, 0.4) is 0 Å². The second-order valence-electron chi connectivity index (χ2n) is 7.43. The van der Waals surface area contributed by atoms with Gasteiger partial charge in [-0.3, -0.25) is 0 Å². The van der Waals surface area contributed by atoms with Crippen LogP contribution in [0.2, 0.25) is 0 Å². The Kier molecular flexibility index (Phi) is 7.74. The summed E-state index contributed by atoms with van der Waals surface area (Å²) in [5, 5.41) is 12.6. The minimum atomic E-state index is -0.934. The summed E-state index contributed by atoms with van der Waals surface area (Å²) < 4.78 is 15.4. The molecule has 0 radical (unpaired) electrons. The number of phenolic OH excluding ortho intramolecular Hbond substituents is 1. The number of carbonyl (C=O) groups excluding carboxylic acids is 2. The van der Waals surface area contributed by atoms with E-state index in [4.69, 9.17) is 14.2 Å². The van der Waals surface area contributed by atoms with Crippen LogP contribution in [0, 0.1) is 5.92 Å². The topological polar surface area (TPSA) is 94.1 Å². The molecule has 1 aromatic carbocycles. The van der Waals surface area contributed by atoms with Crippen LogP contribution in [-0.2, 0) is 20.7 Å². The van der Waals surface area contributed by atoms with Gasteiger partial charge in [-0.05, 0) is 44.4 Å². The van der Waals surface area contributed by atoms with Crippen LogP contribution < -0.4 is 10.1 Å². The summed E-state index contributed by atoms with van der Waals surface area (Å²) >= 11 is 0. The van der Waals surface area contributed by atoms with Gasteiger partial charge in [0.25, 0.3) is 0 Å². The molecular weight excluding hydrogens is 338 g/mol. The maximum absolute atomic E-state index is 12.0. The van der Waals surface area contributed by atoms with E-state index in [1.165, 1.54) is 13.2 Å². The number of ether oxygens (including phenoxy) is 3. The molecule has 0 spiro atoms. The number of nitrogens with one attached hydrogen (secondary N) is 1. The van der Waals surface area contributed by atoms with Gasteiger partial charge in [-0.1, -0.05) is 19.9 Å². The van der Waals surface area contributed by atoms with E-state index in [1.807, 2.05) is 13.8 Å². The first kappa shape index (κ1) is 21.6. The summed E-state index contributed by atoms with van der Waals surface area (Å²) in [7, 11) is 1.24. The molecule has 2 N–H and O–H groups in total. The first-order valence-electron chi connectivity index (χ1n) is 8.54. The number of benzene rings is 1. The number of rotatable bonds is 7. The molecular formula is C19H29NO6. The molecule has 1 unspecified atom stereocenters. The monoisotopic (exact) mass is 367 g/mol. The van der Waals surface area contributed by atoms with E-state index in [-0.39, 0.29) is 12.2 Å². The standard InChI is InChI=1S/C19H29NO6/c1-12(2)11-25-16-8-7-13(10-15(16)21)9-14(17(22)24-6)20-18(23)26-19(3,4)5/h7-8,10,12,14,21H,9,11H2,1-6H3,(H,20,23). The molecule has 1 atom stereocenters. The Bertz CT molecular complexity index is 621. The predicted molar refractivity (Wildman–Crippen MR) is 97.3 cm³/mol. The molecule has 0 bridgehead atoms. The molecule has 146 valence electrons. The first-order valence-corrected chi connectivity index (χ1v) is 8.54. The fraction of sp³-hybridized carbons (Fsp3) is 0.579. The number of carbonyl (C=O) groups is 2. The third kappa shape index (κ3) is 7.63. The molecule has 0 fully saturated rings. The molecule has 0 aliphatic rings. The lowest BCUT2D eigenvalue weighted by molar-refractivity contribution is -0.143. The number of aromatic hydroxyl groups is 1. The van der Waals surface area contributed by atoms with Crippen molar-refractivity contribution in [3.05, 3.63) is 23.8 Å². The molecule has 1 rings (SSSR count). The lowest BCUT2D eigenvalue weighted by Crippen LogP contribution is -2.45. The van der Waals surface area contributed by atoms with Crippen molar-refractivity contribution in [3.63, 3.8) is 0 Å². The minimum Gasteiger partial charge on any atom is -0.504 e. The highest BCUT2D eigenvalue weighted by molar-refractivity contribution is 5.81. The van der Waals surface area contributed by atoms with Gasteiger partial charge in [-0.2, -0.15) is 0 Å². The van der Waals surface area contributed by atoms with Crippen LogP contribution in [-0.4, -0.2) is 42.5 Å². The quantitative estimate of drug-likeness (QED) is 0.720. The Morgan fingerprint density at radius 2 is 1.88 bits per heavy atom. The van der Waals surface area contributed by atoms with Gasteiger partial charge >= 0.3 is 12.1 Å². The van der Waals surface area contributed by atoms with Crippen LogP contribution in [0.25, 0.3) is 0 Å². The molecule has 0 aromatic heterocycles. The molecule has 7 nitrogen and oxygen atoms in total. The number of methoxy groups -OCH3 is 1. The summed E-state index contributed by atoms with van der Waals surface area (Å²) in [6, 6.07) is 3.93. The first-order chi connectivity index (χ1) is 12.0. The van der Waals surface area contributed by atoms with Gasteiger partial charge in [-0.15, -0.1) is 0 Å².